The maximum Gasteiger partial charge on any atom is 0.254 e. The molecule has 1 aromatic carbocycles. The Morgan fingerprint density at radius 1 is 1.28 bits per heavy atom. The van der Waals surface area contributed by atoms with Crippen LogP contribution in [0.3, 0.4) is 0 Å². The molecular formula is C22H24N8O6. The second kappa shape index (κ2) is 9.14. The summed E-state index contributed by atoms with van der Waals surface area (Å²) in [6.07, 6.45) is -2.95. The van der Waals surface area contributed by atoms with Crippen molar-refractivity contribution in [3.63, 3.8) is 0 Å². The predicted molar refractivity (Wildman–Crippen MR) is 124 cm³/mol. The van der Waals surface area contributed by atoms with Gasteiger partial charge < -0.3 is 36.2 Å². The zero-order valence-corrected chi connectivity index (χ0v) is 19.2. The quantitative estimate of drug-likeness (QED) is 0.275. The molecule has 1 saturated heterocycles. The molecule has 0 bridgehead atoms. The molecule has 14 nitrogen and oxygen atoms in total. The maximum atomic E-state index is 13.0. The Morgan fingerprint density at radius 2 is 2.08 bits per heavy atom. The van der Waals surface area contributed by atoms with Gasteiger partial charge in [-0.1, -0.05) is 6.07 Å². The fraction of sp³-hybridized carbons (Fsp3) is 0.364. The number of hydrogen-bond acceptors (Lipinski definition) is 10. The molecule has 4 heterocycles. The average Bonchev–Trinajstić information content (AvgIpc) is 3.55. The van der Waals surface area contributed by atoms with E-state index < -0.39 is 30.4 Å². The van der Waals surface area contributed by atoms with Crippen LogP contribution >= 0.6 is 0 Å². The fourth-order valence-corrected chi connectivity index (χ4v) is 4.33. The number of fused-ring (bicyclic) bond motifs is 2. The highest BCUT2D eigenvalue weighted by Gasteiger charge is 2.48. The number of hydrogen-bond donors (Lipinski definition) is 5. The van der Waals surface area contributed by atoms with Crippen LogP contribution in [-0.2, 0) is 20.9 Å². The number of imidazole rings is 1. The van der Waals surface area contributed by atoms with Crippen molar-refractivity contribution < 1.29 is 29.3 Å². The molecule has 2 aliphatic heterocycles. The van der Waals surface area contributed by atoms with Gasteiger partial charge >= 0.3 is 0 Å². The van der Waals surface area contributed by atoms with Crippen LogP contribution in [0.2, 0.25) is 0 Å². The van der Waals surface area contributed by atoms with Crippen molar-refractivity contribution in [2.45, 2.75) is 37.5 Å². The Kier molecular flexibility index (Phi) is 5.99. The van der Waals surface area contributed by atoms with Crippen molar-refractivity contribution in [1.29, 1.82) is 0 Å². The molecular weight excluding hydrogens is 472 g/mol. The summed E-state index contributed by atoms with van der Waals surface area (Å²) in [4.78, 5) is 50.6. The van der Waals surface area contributed by atoms with E-state index in [1.807, 2.05) is 0 Å². The zero-order chi connectivity index (χ0) is 25.6. The number of nitrogen functional groups attached to an aromatic ring is 1. The molecule has 0 radical (unpaired) electrons. The molecule has 0 aliphatic carbocycles. The predicted octanol–water partition coefficient (Wildman–Crippen LogP) is -1.24. The maximum absolute atomic E-state index is 13.0. The molecule has 36 heavy (non-hydrogen) atoms. The third kappa shape index (κ3) is 4.00. The summed E-state index contributed by atoms with van der Waals surface area (Å²) in [5.41, 5.74) is 8.12. The summed E-state index contributed by atoms with van der Waals surface area (Å²) in [5, 5.41) is 26.6. The minimum Gasteiger partial charge on any atom is -0.387 e. The summed E-state index contributed by atoms with van der Waals surface area (Å²) in [6, 6.07) is 5.07. The van der Waals surface area contributed by atoms with E-state index in [-0.39, 0.29) is 36.2 Å². The first kappa shape index (κ1) is 23.6. The number of aliphatic hydroxyl groups excluding tert-OH is 2. The van der Waals surface area contributed by atoms with Gasteiger partial charge in [0, 0.05) is 43.4 Å². The van der Waals surface area contributed by atoms with E-state index in [9.17, 15) is 24.6 Å². The van der Waals surface area contributed by atoms with Crippen molar-refractivity contribution >= 4 is 40.4 Å². The highest BCUT2D eigenvalue weighted by molar-refractivity contribution is 6.02. The lowest BCUT2D eigenvalue weighted by molar-refractivity contribution is -0.147. The number of likely N-dealkylation sites (N-methyl/N-ethyl adjacent to an activating group) is 1. The highest BCUT2D eigenvalue weighted by Crippen LogP contribution is 2.32. The molecule has 2 aliphatic rings. The first-order valence-electron chi connectivity index (χ1n) is 11.2. The number of anilines is 2. The van der Waals surface area contributed by atoms with Crippen LogP contribution in [0.25, 0.3) is 11.2 Å². The van der Waals surface area contributed by atoms with Crippen molar-refractivity contribution in [3.05, 3.63) is 42.0 Å². The van der Waals surface area contributed by atoms with E-state index in [0.717, 1.165) is 0 Å². The normalized spacial score (nSPS) is 22.9. The minimum atomic E-state index is -1.52. The third-order valence-electron chi connectivity index (χ3n) is 6.31. The monoisotopic (exact) mass is 496 g/mol. The Hall–Kier alpha value is -4.14. The van der Waals surface area contributed by atoms with E-state index in [4.69, 9.17) is 10.5 Å². The first-order chi connectivity index (χ1) is 17.3. The van der Waals surface area contributed by atoms with E-state index >= 15 is 0 Å². The lowest BCUT2D eigenvalue weighted by atomic mass is 10.1. The van der Waals surface area contributed by atoms with Crippen LogP contribution in [0.1, 0.15) is 28.6 Å². The molecule has 14 heteroatoms. The van der Waals surface area contributed by atoms with Gasteiger partial charge in [-0.3, -0.25) is 19.0 Å². The molecule has 188 valence electrons. The van der Waals surface area contributed by atoms with E-state index in [2.05, 4.69) is 25.6 Å². The van der Waals surface area contributed by atoms with Crippen LogP contribution in [-0.4, -0.2) is 84.3 Å². The lowest BCUT2D eigenvalue weighted by Crippen LogP contribution is -2.44. The average molecular weight is 496 g/mol. The highest BCUT2D eigenvalue weighted by atomic mass is 16.6. The molecule has 1 unspecified atom stereocenters. The standard InChI is InChI=1S/C22H24N8O6/c1-29(6-5-13(31)28-12-4-2-3-10-11(12)7-24-20(10)34)21(35)17-15(32)16(33)22(36-17)30-9-27-14-18(23)25-8-26-19(14)30/h2-4,8-9,15-17,22,32-33H,5-7H2,1H3,(H,24,34)(H,28,31)(H2,23,25,26)/t15-,16+,17-,22?/m0/s1. The van der Waals surface area contributed by atoms with E-state index in [1.54, 1.807) is 18.2 Å². The van der Waals surface area contributed by atoms with Crippen molar-refractivity contribution in [2.24, 2.45) is 0 Å². The van der Waals surface area contributed by atoms with Crippen molar-refractivity contribution in [1.82, 2.24) is 29.7 Å². The SMILES string of the molecule is CN(CCC(=O)Nc1cccc2c1CNC2=O)C(=O)[C@H]1OC(n2cnc3c(N)ncnc32)[C@H](O)[C@@H]1O. The number of carbonyl (C=O) groups is 3. The van der Waals surface area contributed by atoms with Gasteiger partial charge in [-0.05, 0) is 12.1 Å². The number of nitrogens with zero attached hydrogens (tertiary/aromatic N) is 5. The number of carbonyl (C=O) groups excluding carboxylic acids is 3. The Labute approximate surface area is 204 Å². The molecule has 5 rings (SSSR count). The number of aromatic nitrogens is 4. The van der Waals surface area contributed by atoms with Crippen molar-refractivity contribution in [2.75, 3.05) is 24.6 Å². The molecule has 4 atom stereocenters. The van der Waals surface area contributed by atoms with Gasteiger partial charge in [0.25, 0.3) is 11.8 Å². The summed E-state index contributed by atoms with van der Waals surface area (Å²) >= 11 is 0. The third-order valence-corrected chi connectivity index (χ3v) is 6.31. The molecule has 2 aromatic heterocycles. The van der Waals surface area contributed by atoms with Gasteiger partial charge in [0.1, 0.15) is 24.1 Å². The second-order valence-electron chi connectivity index (χ2n) is 8.58. The van der Waals surface area contributed by atoms with E-state index in [0.29, 0.717) is 28.9 Å². The van der Waals surface area contributed by atoms with Crippen LogP contribution < -0.4 is 16.4 Å². The molecule has 0 spiro atoms. The van der Waals surface area contributed by atoms with Crippen LogP contribution in [0.15, 0.2) is 30.9 Å². The number of ether oxygens (including phenoxy) is 1. The number of nitrogens with one attached hydrogen (secondary N) is 2. The lowest BCUT2D eigenvalue weighted by Gasteiger charge is -2.22. The number of amides is 3. The van der Waals surface area contributed by atoms with Gasteiger partial charge in [0.05, 0.1) is 6.33 Å². The van der Waals surface area contributed by atoms with Gasteiger partial charge in [-0.25, -0.2) is 15.0 Å². The number of nitrogens with two attached hydrogens (primary N) is 1. The summed E-state index contributed by atoms with van der Waals surface area (Å²) in [6.45, 7) is 0.357. The van der Waals surface area contributed by atoms with Crippen molar-refractivity contribution in [3.8, 4) is 0 Å². The van der Waals surface area contributed by atoms with Crippen LogP contribution in [0, 0.1) is 0 Å². The fourth-order valence-electron chi connectivity index (χ4n) is 4.33. The van der Waals surface area contributed by atoms with Gasteiger partial charge in [0.2, 0.25) is 5.91 Å². The summed E-state index contributed by atoms with van der Waals surface area (Å²) in [7, 11) is 1.47. The van der Waals surface area contributed by atoms with Gasteiger partial charge in [-0.15, -0.1) is 0 Å². The number of benzene rings is 1. The zero-order valence-electron chi connectivity index (χ0n) is 19.2. The smallest absolute Gasteiger partial charge is 0.254 e. The minimum absolute atomic E-state index is 0.0297. The Bertz CT molecular complexity index is 1360. The van der Waals surface area contributed by atoms with E-state index in [1.165, 1.54) is 29.2 Å². The molecule has 3 amide bonds. The van der Waals surface area contributed by atoms with Crippen LogP contribution in [0.4, 0.5) is 11.5 Å². The largest absolute Gasteiger partial charge is 0.387 e. The molecule has 1 fully saturated rings. The number of rotatable bonds is 6. The van der Waals surface area contributed by atoms with Gasteiger partial charge in [0.15, 0.2) is 23.8 Å². The number of aliphatic hydroxyl groups is 2. The molecule has 0 saturated carbocycles. The second-order valence-corrected chi connectivity index (χ2v) is 8.58. The molecule has 3 aromatic rings. The molecule has 6 N–H and O–H groups in total. The van der Waals surface area contributed by atoms with Crippen LogP contribution in [0.5, 0.6) is 0 Å². The first-order valence-corrected chi connectivity index (χ1v) is 11.2. The summed E-state index contributed by atoms with van der Waals surface area (Å²) < 4.78 is 7.09. The van der Waals surface area contributed by atoms with Gasteiger partial charge in [-0.2, -0.15) is 0 Å². The topological polar surface area (TPSA) is 198 Å². The summed E-state index contributed by atoms with van der Waals surface area (Å²) in [5.74, 6) is -1.01. The Balaban J connectivity index is 1.21. The Morgan fingerprint density at radius 3 is 2.89 bits per heavy atom.